The second-order valence-electron chi connectivity index (χ2n) is 5.21. The van der Waals surface area contributed by atoms with E-state index in [1.54, 1.807) is 0 Å². The summed E-state index contributed by atoms with van der Waals surface area (Å²) in [6.07, 6.45) is 1.98. The van der Waals surface area contributed by atoms with Crippen LogP contribution in [0, 0.1) is 5.92 Å². The monoisotopic (exact) mass is 255 g/mol. The minimum atomic E-state index is 0.0594. The van der Waals surface area contributed by atoms with Gasteiger partial charge >= 0.3 is 0 Å². The van der Waals surface area contributed by atoms with Gasteiger partial charge in [-0.05, 0) is 26.3 Å². The van der Waals surface area contributed by atoms with Crippen LogP contribution in [0.15, 0.2) is 0 Å². The van der Waals surface area contributed by atoms with Crippen molar-refractivity contribution in [2.45, 2.75) is 25.9 Å². The molecule has 0 spiro atoms. The van der Waals surface area contributed by atoms with E-state index in [1.165, 1.54) is 0 Å². The summed E-state index contributed by atoms with van der Waals surface area (Å²) in [7, 11) is 0. The van der Waals surface area contributed by atoms with Gasteiger partial charge in [0.15, 0.2) is 0 Å². The molecule has 0 radical (unpaired) electrons. The van der Waals surface area contributed by atoms with Gasteiger partial charge in [0.05, 0.1) is 12.0 Å². The number of piperazine rings is 1. The second-order valence-corrected chi connectivity index (χ2v) is 5.21. The van der Waals surface area contributed by atoms with E-state index in [9.17, 15) is 4.79 Å². The summed E-state index contributed by atoms with van der Waals surface area (Å²) in [6.45, 7) is 9.00. The molecule has 2 heterocycles. The Labute approximate surface area is 109 Å². The van der Waals surface area contributed by atoms with Crippen molar-refractivity contribution in [2.24, 2.45) is 5.92 Å². The van der Waals surface area contributed by atoms with E-state index in [1.807, 2.05) is 6.92 Å². The molecule has 2 unspecified atom stereocenters. The van der Waals surface area contributed by atoms with Gasteiger partial charge in [0, 0.05) is 39.3 Å². The van der Waals surface area contributed by atoms with E-state index < -0.39 is 0 Å². The minimum absolute atomic E-state index is 0.0594. The summed E-state index contributed by atoms with van der Waals surface area (Å²) in [5, 5.41) is 6.37. The van der Waals surface area contributed by atoms with E-state index in [4.69, 9.17) is 4.74 Å². The van der Waals surface area contributed by atoms with Gasteiger partial charge in [0.2, 0.25) is 5.91 Å². The predicted octanol–water partition coefficient (Wildman–Crippen LogP) is -0.177. The molecule has 2 saturated heterocycles. The van der Waals surface area contributed by atoms with Gasteiger partial charge in [-0.3, -0.25) is 4.79 Å². The first-order valence-electron chi connectivity index (χ1n) is 7.10. The lowest BCUT2D eigenvalue weighted by Gasteiger charge is -2.27. The quantitative estimate of drug-likeness (QED) is 0.669. The number of hydrogen-bond donors (Lipinski definition) is 2. The average Bonchev–Trinajstić information content (AvgIpc) is 2.82. The average molecular weight is 255 g/mol. The molecule has 2 rings (SSSR count). The van der Waals surface area contributed by atoms with E-state index in [2.05, 4.69) is 15.5 Å². The topological polar surface area (TPSA) is 53.6 Å². The zero-order valence-electron chi connectivity index (χ0n) is 11.3. The van der Waals surface area contributed by atoms with Crippen LogP contribution < -0.4 is 10.6 Å². The fraction of sp³-hybridized carbons (Fsp3) is 0.923. The Morgan fingerprint density at radius 1 is 1.44 bits per heavy atom. The van der Waals surface area contributed by atoms with Crippen molar-refractivity contribution in [1.29, 1.82) is 0 Å². The molecular weight excluding hydrogens is 230 g/mol. The molecule has 1 amide bonds. The van der Waals surface area contributed by atoms with Gasteiger partial charge in [-0.1, -0.05) is 0 Å². The van der Waals surface area contributed by atoms with Crippen LogP contribution in [0.3, 0.4) is 0 Å². The van der Waals surface area contributed by atoms with Crippen molar-refractivity contribution in [1.82, 2.24) is 15.5 Å². The van der Waals surface area contributed by atoms with E-state index in [0.29, 0.717) is 0 Å². The van der Waals surface area contributed by atoms with Crippen LogP contribution in [0.4, 0.5) is 0 Å². The normalized spacial score (nSPS) is 29.4. The maximum Gasteiger partial charge on any atom is 0.225 e. The number of rotatable bonds is 5. The maximum atomic E-state index is 11.9. The smallest absolute Gasteiger partial charge is 0.225 e. The summed E-state index contributed by atoms with van der Waals surface area (Å²) in [5.41, 5.74) is 0. The lowest BCUT2D eigenvalue weighted by Crippen LogP contribution is -2.44. The standard InChI is InChI=1S/C13H25N3O2/c1-11-12(3-10-18-11)13(17)15-4-2-7-16-8-5-14-6-9-16/h11-12,14H,2-10H2,1H3,(H,15,17). The third-order valence-corrected chi connectivity index (χ3v) is 3.87. The molecule has 2 N–H and O–H groups in total. The molecule has 18 heavy (non-hydrogen) atoms. The van der Waals surface area contributed by atoms with Crippen molar-refractivity contribution in [3.8, 4) is 0 Å². The largest absolute Gasteiger partial charge is 0.378 e. The number of carbonyl (C=O) groups excluding carboxylic acids is 1. The first kappa shape index (κ1) is 13.8. The number of nitrogens with one attached hydrogen (secondary N) is 2. The molecule has 5 nitrogen and oxygen atoms in total. The van der Waals surface area contributed by atoms with Crippen LogP contribution in [-0.4, -0.2) is 62.8 Å². The van der Waals surface area contributed by atoms with Crippen LogP contribution in [0.2, 0.25) is 0 Å². The van der Waals surface area contributed by atoms with Crippen molar-refractivity contribution in [3.63, 3.8) is 0 Å². The SMILES string of the molecule is CC1OCCC1C(=O)NCCCN1CCNCC1. The summed E-state index contributed by atoms with van der Waals surface area (Å²) < 4.78 is 5.41. The third kappa shape index (κ3) is 3.93. The molecule has 2 atom stereocenters. The third-order valence-electron chi connectivity index (χ3n) is 3.87. The fourth-order valence-corrected chi connectivity index (χ4v) is 2.66. The van der Waals surface area contributed by atoms with Crippen molar-refractivity contribution >= 4 is 5.91 Å². The highest BCUT2D eigenvalue weighted by atomic mass is 16.5. The number of hydrogen-bond acceptors (Lipinski definition) is 4. The highest BCUT2D eigenvalue weighted by Crippen LogP contribution is 2.20. The Kier molecular flexibility index (Phi) is 5.41. The van der Waals surface area contributed by atoms with Crippen LogP contribution in [0.1, 0.15) is 19.8 Å². The number of amides is 1. The second kappa shape index (κ2) is 7.07. The van der Waals surface area contributed by atoms with Gasteiger partial charge in [-0.2, -0.15) is 0 Å². The molecule has 104 valence electrons. The molecule has 0 saturated carbocycles. The fourth-order valence-electron chi connectivity index (χ4n) is 2.66. The molecule has 0 aromatic rings. The van der Waals surface area contributed by atoms with E-state index in [0.717, 1.165) is 58.7 Å². The molecule has 0 aromatic heterocycles. The highest BCUT2D eigenvalue weighted by molar-refractivity contribution is 5.79. The van der Waals surface area contributed by atoms with Crippen molar-refractivity contribution in [3.05, 3.63) is 0 Å². The Bertz CT molecular complexity index is 267. The predicted molar refractivity (Wildman–Crippen MR) is 70.5 cm³/mol. The zero-order valence-corrected chi connectivity index (χ0v) is 11.3. The molecule has 2 aliphatic rings. The van der Waals surface area contributed by atoms with Crippen LogP contribution >= 0.6 is 0 Å². The Morgan fingerprint density at radius 2 is 2.22 bits per heavy atom. The van der Waals surface area contributed by atoms with E-state index in [-0.39, 0.29) is 17.9 Å². The first-order valence-corrected chi connectivity index (χ1v) is 7.10. The maximum absolute atomic E-state index is 11.9. The molecule has 0 aliphatic carbocycles. The number of nitrogens with zero attached hydrogens (tertiary/aromatic N) is 1. The molecule has 2 aliphatic heterocycles. The Balaban J connectivity index is 1.56. The van der Waals surface area contributed by atoms with E-state index >= 15 is 0 Å². The Morgan fingerprint density at radius 3 is 2.89 bits per heavy atom. The van der Waals surface area contributed by atoms with Crippen LogP contribution in [-0.2, 0) is 9.53 Å². The van der Waals surface area contributed by atoms with Gasteiger partial charge in [0.25, 0.3) is 0 Å². The lowest BCUT2D eigenvalue weighted by atomic mass is 10.0. The van der Waals surface area contributed by atoms with Gasteiger partial charge in [-0.15, -0.1) is 0 Å². The summed E-state index contributed by atoms with van der Waals surface area (Å²) in [4.78, 5) is 14.3. The van der Waals surface area contributed by atoms with Crippen LogP contribution in [0.25, 0.3) is 0 Å². The van der Waals surface area contributed by atoms with Gasteiger partial charge in [0.1, 0.15) is 0 Å². The lowest BCUT2D eigenvalue weighted by molar-refractivity contribution is -0.126. The Hall–Kier alpha value is -0.650. The van der Waals surface area contributed by atoms with Gasteiger partial charge in [-0.25, -0.2) is 0 Å². The zero-order chi connectivity index (χ0) is 12.8. The number of carbonyl (C=O) groups is 1. The minimum Gasteiger partial charge on any atom is -0.378 e. The number of ether oxygens (including phenoxy) is 1. The molecule has 2 fully saturated rings. The van der Waals surface area contributed by atoms with Crippen LogP contribution in [0.5, 0.6) is 0 Å². The molecule has 5 heteroatoms. The molecule has 0 aromatic carbocycles. The highest BCUT2D eigenvalue weighted by Gasteiger charge is 2.30. The first-order chi connectivity index (χ1) is 8.77. The summed E-state index contributed by atoms with van der Waals surface area (Å²) in [6, 6.07) is 0. The van der Waals surface area contributed by atoms with Crippen molar-refractivity contribution < 1.29 is 9.53 Å². The molecule has 0 bridgehead atoms. The molecular formula is C13H25N3O2. The summed E-state index contributed by atoms with van der Waals surface area (Å²) >= 11 is 0. The van der Waals surface area contributed by atoms with Gasteiger partial charge < -0.3 is 20.3 Å². The summed E-state index contributed by atoms with van der Waals surface area (Å²) in [5.74, 6) is 0.226. The van der Waals surface area contributed by atoms with Crippen molar-refractivity contribution in [2.75, 3.05) is 45.9 Å².